The van der Waals surface area contributed by atoms with Crippen LogP contribution in [0.5, 0.6) is 5.75 Å². The number of benzene rings is 2. The molecule has 1 N–H and O–H groups in total. The Bertz CT molecular complexity index is 816. The van der Waals surface area contributed by atoms with Crippen molar-refractivity contribution in [2.75, 3.05) is 6.61 Å². The molecule has 2 heterocycles. The molecule has 1 unspecified atom stereocenters. The van der Waals surface area contributed by atoms with Gasteiger partial charge in [0.05, 0.1) is 6.61 Å². The number of aryl methyl sites for hydroxylation is 1. The summed E-state index contributed by atoms with van der Waals surface area (Å²) in [5.41, 5.74) is 3.61. The van der Waals surface area contributed by atoms with E-state index in [0.717, 1.165) is 45.6 Å². The van der Waals surface area contributed by atoms with E-state index >= 15 is 0 Å². The third-order valence-electron chi connectivity index (χ3n) is 4.13. The fourth-order valence-corrected chi connectivity index (χ4v) is 3.14. The van der Waals surface area contributed by atoms with E-state index in [9.17, 15) is 5.11 Å². The molecule has 0 radical (unpaired) electrons. The van der Waals surface area contributed by atoms with Crippen LogP contribution in [0.3, 0.4) is 0 Å². The molecule has 4 rings (SSSR count). The fraction of sp³-hybridized carbons (Fsp3) is 0.222. The van der Waals surface area contributed by atoms with Crippen molar-refractivity contribution in [1.29, 1.82) is 0 Å². The highest BCUT2D eigenvalue weighted by Crippen LogP contribution is 2.40. The molecule has 0 spiro atoms. The Labute approximate surface area is 122 Å². The molecule has 106 valence electrons. The van der Waals surface area contributed by atoms with Crippen molar-refractivity contribution >= 4 is 11.0 Å². The molecule has 3 aromatic rings. The molecule has 2 aromatic carbocycles. The Morgan fingerprint density at radius 3 is 2.86 bits per heavy atom. The molecular weight excluding hydrogens is 264 g/mol. The molecule has 1 aliphatic heterocycles. The molecule has 0 fully saturated rings. The van der Waals surface area contributed by atoms with Crippen LogP contribution in [-0.2, 0) is 6.42 Å². The van der Waals surface area contributed by atoms with E-state index in [2.05, 4.69) is 6.07 Å². The van der Waals surface area contributed by atoms with Crippen LogP contribution in [0.1, 0.15) is 28.6 Å². The molecule has 1 aromatic heterocycles. The van der Waals surface area contributed by atoms with Gasteiger partial charge in [-0.05, 0) is 18.6 Å². The van der Waals surface area contributed by atoms with Gasteiger partial charge in [0.25, 0.3) is 0 Å². The lowest BCUT2D eigenvalue weighted by atomic mass is 9.96. The third kappa shape index (κ3) is 1.85. The van der Waals surface area contributed by atoms with Gasteiger partial charge < -0.3 is 14.3 Å². The summed E-state index contributed by atoms with van der Waals surface area (Å²) in [5, 5.41) is 11.8. The van der Waals surface area contributed by atoms with Crippen molar-refractivity contribution in [3.05, 3.63) is 64.9 Å². The maximum absolute atomic E-state index is 10.9. The Morgan fingerprint density at radius 1 is 1.10 bits per heavy atom. The zero-order valence-electron chi connectivity index (χ0n) is 11.8. The number of para-hydroxylation sites is 2. The lowest BCUT2D eigenvalue weighted by molar-refractivity contribution is 0.213. The minimum absolute atomic E-state index is 0.685. The monoisotopic (exact) mass is 280 g/mol. The topological polar surface area (TPSA) is 42.6 Å². The number of hydrogen-bond acceptors (Lipinski definition) is 3. The summed E-state index contributed by atoms with van der Waals surface area (Å²) < 4.78 is 11.5. The highest BCUT2D eigenvalue weighted by Gasteiger charge is 2.25. The Kier molecular flexibility index (Phi) is 2.76. The molecule has 1 aliphatic rings. The van der Waals surface area contributed by atoms with E-state index in [1.165, 1.54) is 0 Å². The van der Waals surface area contributed by atoms with Gasteiger partial charge in [-0.3, -0.25) is 0 Å². The maximum atomic E-state index is 10.9. The zero-order chi connectivity index (χ0) is 14.4. The smallest absolute Gasteiger partial charge is 0.134 e. The van der Waals surface area contributed by atoms with Crippen LogP contribution in [0.25, 0.3) is 11.0 Å². The van der Waals surface area contributed by atoms with E-state index in [1.807, 2.05) is 43.3 Å². The number of hydrogen-bond donors (Lipinski definition) is 1. The summed E-state index contributed by atoms with van der Waals surface area (Å²) in [6, 6.07) is 13.8. The minimum atomic E-state index is -0.735. The molecular formula is C18H16O3. The van der Waals surface area contributed by atoms with E-state index in [-0.39, 0.29) is 0 Å². The first-order chi connectivity index (χ1) is 10.3. The van der Waals surface area contributed by atoms with Gasteiger partial charge in [-0.15, -0.1) is 0 Å². The lowest BCUT2D eigenvalue weighted by Gasteiger charge is -2.14. The van der Waals surface area contributed by atoms with E-state index in [1.54, 1.807) is 0 Å². The van der Waals surface area contributed by atoms with Crippen LogP contribution in [0.2, 0.25) is 0 Å². The summed E-state index contributed by atoms with van der Waals surface area (Å²) in [7, 11) is 0. The Hall–Kier alpha value is -2.26. The second kappa shape index (κ2) is 4.64. The van der Waals surface area contributed by atoms with Crippen LogP contribution in [-0.4, -0.2) is 11.7 Å². The van der Waals surface area contributed by atoms with Crippen molar-refractivity contribution < 1.29 is 14.3 Å². The highest BCUT2D eigenvalue weighted by molar-refractivity contribution is 5.83. The van der Waals surface area contributed by atoms with Crippen molar-refractivity contribution in [2.45, 2.75) is 19.4 Å². The standard InChI is InChI=1S/C18H16O3/c1-11-16(13-6-2-3-8-15(13)21-11)17(19)14-7-4-5-12-9-10-20-18(12)14/h2-8,17,19H,9-10H2,1H3. The molecule has 0 amide bonds. The Balaban J connectivity index is 1.90. The number of rotatable bonds is 2. The van der Waals surface area contributed by atoms with E-state index in [4.69, 9.17) is 9.15 Å². The summed E-state index contributed by atoms with van der Waals surface area (Å²) in [4.78, 5) is 0. The Morgan fingerprint density at radius 2 is 1.95 bits per heavy atom. The quantitative estimate of drug-likeness (QED) is 0.777. The van der Waals surface area contributed by atoms with Crippen LogP contribution < -0.4 is 4.74 Å². The first kappa shape index (κ1) is 12.5. The number of aliphatic hydroxyl groups excluding tert-OH is 1. The summed E-state index contributed by atoms with van der Waals surface area (Å²) >= 11 is 0. The summed E-state index contributed by atoms with van der Waals surface area (Å²) in [5.74, 6) is 1.58. The lowest BCUT2D eigenvalue weighted by Crippen LogP contribution is -2.03. The number of furan rings is 1. The van der Waals surface area contributed by atoms with Gasteiger partial charge in [0, 0.05) is 22.9 Å². The summed E-state index contributed by atoms with van der Waals surface area (Å²) in [6.07, 6.45) is 0.169. The number of aliphatic hydroxyl groups is 1. The van der Waals surface area contributed by atoms with Gasteiger partial charge in [-0.1, -0.05) is 36.4 Å². The van der Waals surface area contributed by atoms with Crippen LogP contribution in [0, 0.1) is 6.92 Å². The van der Waals surface area contributed by atoms with Gasteiger partial charge in [0.1, 0.15) is 23.2 Å². The van der Waals surface area contributed by atoms with Gasteiger partial charge >= 0.3 is 0 Å². The third-order valence-corrected chi connectivity index (χ3v) is 4.13. The van der Waals surface area contributed by atoms with Gasteiger partial charge in [0.2, 0.25) is 0 Å². The highest BCUT2D eigenvalue weighted by atomic mass is 16.5. The number of fused-ring (bicyclic) bond motifs is 2. The number of ether oxygens (including phenoxy) is 1. The predicted molar refractivity (Wildman–Crippen MR) is 80.7 cm³/mol. The molecule has 3 heteroatoms. The van der Waals surface area contributed by atoms with Crippen molar-refractivity contribution in [2.24, 2.45) is 0 Å². The first-order valence-corrected chi connectivity index (χ1v) is 7.16. The molecule has 0 aliphatic carbocycles. The van der Waals surface area contributed by atoms with Gasteiger partial charge in [-0.25, -0.2) is 0 Å². The first-order valence-electron chi connectivity index (χ1n) is 7.16. The van der Waals surface area contributed by atoms with Gasteiger partial charge in [0.15, 0.2) is 0 Å². The molecule has 0 saturated carbocycles. The van der Waals surface area contributed by atoms with Crippen molar-refractivity contribution in [3.63, 3.8) is 0 Å². The molecule has 0 saturated heterocycles. The average molecular weight is 280 g/mol. The van der Waals surface area contributed by atoms with Crippen molar-refractivity contribution in [3.8, 4) is 5.75 Å². The predicted octanol–water partition coefficient (Wildman–Crippen LogP) is 3.76. The van der Waals surface area contributed by atoms with E-state index < -0.39 is 6.10 Å². The maximum Gasteiger partial charge on any atom is 0.134 e. The fourth-order valence-electron chi connectivity index (χ4n) is 3.14. The van der Waals surface area contributed by atoms with E-state index in [0.29, 0.717) is 6.61 Å². The molecule has 21 heavy (non-hydrogen) atoms. The van der Waals surface area contributed by atoms with Crippen LogP contribution in [0.15, 0.2) is 46.9 Å². The zero-order valence-corrected chi connectivity index (χ0v) is 11.8. The van der Waals surface area contributed by atoms with Crippen LogP contribution in [0.4, 0.5) is 0 Å². The molecule has 1 atom stereocenters. The minimum Gasteiger partial charge on any atom is -0.493 e. The largest absolute Gasteiger partial charge is 0.493 e. The molecule has 0 bridgehead atoms. The normalized spacial score (nSPS) is 15.0. The van der Waals surface area contributed by atoms with Crippen LogP contribution >= 0.6 is 0 Å². The van der Waals surface area contributed by atoms with Gasteiger partial charge in [-0.2, -0.15) is 0 Å². The second-order valence-corrected chi connectivity index (χ2v) is 5.40. The summed E-state index contributed by atoms with van der Waals surface area (Å²) in [6.45, 7) is 2.58. The molecule has 3 nitrogen and oxygen atoms in total. The average Bonchev–Trinajstić information content (AvgIpc) is 3.09. The second-order valence-electron chi connectivity index (χ2n) is 5.40. The van der Waals surface area contributed by atoms with Crippen molar-refractivity contribution in [1.82, 2.24) is 0 Å². The SMILES string of the molecule is Cc1oc2ccccc2c1C(O)c1cccc2c1OCC2.